The van der Waals surface area contributed by atoms with Crippen molar-refractivity contribution in [3.05, 3.63) is 10.6 Å². The second-order valence-electron chi connectivity index (χ2n) is 6.66. The molecule has 7 heteroatoms. The molecule has 130 valence electrons. The highest BCUT2D eigenvalue weighted by molar-refractivity contribution is 7.71. The number of aliphatic hydroxyl groups is 1. The lowest BCUT2D eigenvalue weighted by molar-refractivity contribution is -0.0121. The highest BCUT2D eigenvalue weighted by Crippen LogP contribution is 2.36. The molecule has 0 amide bonds. The SMILES string of the molecule is CCCN(CC1CCCCO1)Cn1nc(CO)n(C2CC2)c1=S. The van der Waals surface area contributed by atoms with Gasteiger partial charge in [0.15, 0.2) is 10.6 Å². The van der Waals surface area contributed by atoms with E-state index in [1.165, 1.54) is 12.8 Å². The summed E-state index contributed by atoms with van der Waals surface area (Å²) < 4.78 is 10.5. The lowest BCUT2D eigenvalue weighted by atomic mass is 10.1. The van der Waals surface area contributed by atoms with Gasteiger partial charge in [0, 0.05) is 19.2 Å². The Morgan fingerprint density at radius 1 is 1.35 bits per heavy atom. The van der Waals surface area contributed by atoms with Crippen molar-refractivity contribution in [2.75, 3.05) is 19.7 Å². The van der Waals surface area contributed by atoms with E-state index in [4.69, 9.17) is 17.0 Å². The first-order valence-corrected chi connectivity index (χ1v) is 9.26. The van der Waals surface area contributed by atoms with E-state index in [-0.39, 0.29) is 6.61 Å². The lowest BCUT2D eigenvalue weighted by Gasteiger charge is -2.29. The minimum absolute atomic E-state index is 0.0490. The Hall–Kier alpha value is -0.760. The Bertz CT molecular complexity index is 561. The Labute approximate surface area is 143 Å². The van der Waals surface area contributed by atoms with E-state index in [0.717, 1.165) is 50.2 Å². The van der Waals surface area contributed by atoms with Gasteiger partial charge in [0.1, 0.15) is 6.61 Å². The third-order valence-electron chi connectivity index (χ3n) is 4.60. The van der Waals surface area contributed by atoms with Crippen molar-refractivity contribution in [2.45, 2.75) is 70.9 Å². The third kappa shape index (κ3) is 4.21. The molecule has 6 nitrogen and oxygen atoms in total. The molecular weight excluding hydrogens is 312 g/mol. The van der Waals surface area contributed by atoms with Crippen LogP contribution in [-0.2, 0) is 18.0 Å². The second-order valence-corrected chi connectivity index (χ2v) is 7.03. The van der Waals surface area contributed by atoms with Crippen molar-refractivity contribution >= 4 is 12.2 Å². The van der Waals surface area contributed by atoms with Crippen LogP contribution in [-0.4, -0.2) is 50.2 Å². The van der Waals surface area contributed by atoms with Crippen molar-refractivity contribution < 1.29 is 9.84 Å². The molecule has 23 heavy (non-hydrogen) atoms. The number of nitrogens with zero attached hydrogens (tertiary/aromatic N) is 4. The molecule has 3 rings (SSSR count). The first-order valence-electron chi connectivity index (χ1n) is 8.86. The van der Waals surface area contributed by atoms with Crippen LogP contribution < -0.4 is 0 Å². The average molecular weight is 340 g/mol. The minimum atomic E-state index is -0.0490. The van der Waals surface area contributed by atoms with Crippen LogP contribution >= 0.6 is 12.2 Å². The molecule has 2 heterocycles. The molecule has 1 aliphatic heterocycles. The Morgan fingerprint density at radius 2 is 2.17 bits per heavy atom. The van der Waals surface area contributed by atoms with E-state index in [9.17, 15) is 5.11 Å². The van der Waals surface area contributed by atoms with Gasteiger partial charge in [0.05, 0.1) is 12.8 Å². The predicted octanol–water partition coefficient (Wildman–Crippen LogP) is 2.48. The molecule has 1 N–H and O–H groups in total. The van der Waals surface area contributed by atoms with Crippen molar-refractivity contribution in [3.63, 3.8) is 0 Å². The van der Waals surface area contributed by atoms with Crippen molar-refractivity contribution in [2.24, 2.45) is 0 Å². The number of rotatable bonds is 8. The number of aromatic nitrogens is 3. The van der Waals surface area contributed by atoms with Gasteiger partial charge in [-0.3, -0.25) is 9.47 Å². The molecular formula is C16H28N4O2S. The molecule has 2 aliphatic rings. The zero-order valence-corrected chi connectivity index (χ0v) is 14.8. The molecule has 0 aromatic carbocycles. The molecule has 1 aromatic rings. The van der Waals surface area contributed by atoms with Crippen LogP contribution in [0.15, 0.2) is 0 Å². The number of ether oxygens (including phenoxy) is 1. The molecule has 0 spiro atoms. The highest BCUT2D eigenvalue weighted by atomic mass is 32.1. The summed E-state index contributed by atoms with van der Waals surface area (Å²) in [7, 11) is 0. The molecule has 1 unspecified atom stereocenters. The average Bonchev–Trinajstić information content (AvgIpc) is 3.34. The summed E-state index contributed by atoms with van der Waals surface area (Å²) >= 11 is 5.60. The van der Waals surface area contributed by atoms with Gasteiger partial charge in [-0.2, -0.15) is 5.10 Å². The molecule has 1 saturated carbocycles. The molecule has 1 aromatic heterocycles. The third-order valence-corrected chi connectivity index (χ3v) is 5.01. The van der Waals surface area contributed by atoms with Gasteiger partial charge >= 0.3 is 0 Å². The van der Waals surface area contributed by atoms with Gasteiger partial charge in [0.2, 0.25) is 0 Å². The van der Waals surface area contributed by atoms with Crippen LogP contribution in [0.5, 0.6) is 0 Å². The predicted molar refractivity (Wildman–Crippen MR) is 90.7 cm³/mol. The summed E-state index contributed by atoms with van der Waals surface area (Å²) in [6.07, 6.45) is 7.28. The van der Waals surface area contributed by atoms with Crippen LogP contribution in [0.4, 0.5) is 0 Å². The quantitative estimate of drug-likeness (QED) is 0.737. The molecule has 1 atom stereocenters. The maximum Gasteiger partial charge on any atom is 0.199 e. The monoisotopic (exact) mass is 340 g/mol. The maximum atomic E-state index is 9.55. The Kier molecular flexibility index (Phi) is 5.85. The Balaban J connectivity index is 1.70. The van der Waals surface area contributed by atoms with E-state index in [1.807, 2.05) is 9.25 Å². The van der Waals surface area contributed by atoms with Gasteiger partial charge in [-0.15, -0.1) is 0 Å². The van der Waals surface area contributed by atoms with E-state index >= 15 is 0 Å². The van der Waals surface area contributed by atoms with Gasteiger partial charge in [0.25, 0.3) is 0 Å². The van der Waals surface area contributed by atoms with Crippen LogP contribution in [0, 0.1) is 4.77 Å². The summed E-state index contributed by atoms with van der Waals surface area (Å²) in [5.74, 6) is 0.697. The van der Waals surface area contributed by atoms with Gasteiger partial charge in [-0.05, 0) is 57.3 Å². The zero-order valence-electron chi connectivity index (χ0n) is 14.0. The second kappa shape index (κ2) is 7.88. The summed E-state index contributed by atoms with van der Waals surface area (Å²) in [5.41, 5.74) is 0. The summed E-state index contributed by atoms with van der Waals surface area (Å²) in [4.78, 5) is 2.37. The largest absolute Gasteiger partial charge is 0.388 e. The number of hydrogen-bond acceptors (Lipinski definition) is 5. The molecule has 0 bridgehead atoms. The smallest absolute Gasteiger partial charge is 0.199 e. The molecule has 1 saturated heterocycles. The van der Waals surface area contributed by atoms with E-state index < -0.39 is 0 Å². The fraction of sp³-hybridized carbons (Fsp3) is 0.875. The van der Waals surface area contributed by atoms with E-state index in [1.54, 1.807) is 0 Å². The highest BCUT2D eigenvalue weighted by Gasteiger charge is 2.28. The first-order chi connectivity index (χ1) is 11.2. The van der Waals surface area contributed by atoms with Gasteiger partial charge in [-0.25, -0.2) is 4.68 Å². The van der Waals surface area contributed by atoms with Crippen molar-refractivity contribution in [1.29, 1.82) is 0 Å². The maximum absolute atomic E-state index is 9.55. The van der Waals surface area contributed by atoms with E-state index in [0.29, 0.717) is 24.6 Å². The standard InChI is InChI=1S/C16H28N4O2S/c1-2-8-18(10-14-5-3-4-9-22-14)12-19-16(23)20(13-6-7-13)15(11-21)17-19/h13-14,21H,2-12H2,1H3. The summed E-state index contributed by atoms with van der Waals surface area (Å²) in [6, 6.07) is 0.444. The molecule has 0 radical (unpaired) electrons. The van der Waals surface area contributed by atoms with Crippen molar-refractivity contribution in [1.82, 2.24) is 19.2 Å². The zero-order chi connectivity index (χ0) is 16.2. The van der Waals surface area contributed by atoms with E-state index in [2.05, 4.69) is 16.9 Å². The number of aliphatic hydroxyl groups excluding tert-OH is 1. The summed E-state index contributed by atoms with van der Waals surface area (Å²) in [6.45, 7) is 5.64. The van der Waals surface area contributed by atoms with Gasteiger partial charge in [-0.1, -0.05) is 6.92 Å². The van der Waals surface area contributed by atoms with Crippen LogP contribution in [0.2, 0.25) is 0 Å². The molecule has 1 aliphatic carbocycles. The Morgan fingerprint density at radius 3 is 2.78 bits per heavy atom. The lowest BCUT2D eigenvalue weighted by Crippen LogP contribution is -2.37. The fourth-order valence-electron chi connectivity index (χ4n) is 3.33. The van der Waals surface area contributed by atoms with Crippen LogP contribution in [0.25, 0.3) is 0 Å². The minimum Gasteiger partial charge on any atom is -0.388 e. The normalized spacial score (nSPS) is 22.0. The van der Waals surface area contributed by atoms with Crippen LogP contribution in [0.1, 0.15) is 57.3 Å². The van der Waals surface area contributed by atoms with Crippen LogP contribution in [0.3, 0.4) is 0 Å². The van der Waals surface area contributed by atoms with Gasteiger partial charge < -0.3 is 9.84 Å². The van der Waals surface area contributed by atoms with Crippen molar-refractivity contribution in [3.8, 4) is 0 Å². The fourth-order valence-corrected chi connectivity index (χ4v) is 3.68. The number of hydrogen-bond donors (Lipinski definition) is 1. The summed E-state index contributed by atoms with van der Waals surface area (Å²) in [5, 5.41) is 14.1. The topological polar surface area (TPSA) is 55.4 Å². The molecule has 2 fully saturated rings. The first kappa shape index (κ1) is 17.1.